The van der Waals surface area contributed by atoms with Gasteiger partial charge in [0.05, 0.1) is 17.5 Å². The van der Waals surface area contributed by atoms with E-state index in [1.807, 2.05) is 0 Å². The number of alkyl halides is 3. The van der Waals surface area contributed by atoms with Gasteiger partial charge in [0.1, 0.15) is 0 Å². The number of hydrogen-bond donors (Lipinski definition) is 2. The second-order valence-corrected chi connectivity index (χ2v) is 4.97. The van der Waals surface area contributed by atoms with Crippen LogP contribution in [0.25, 0.3) is 0 Å². The van der Waals surface area contributed by atoms with Gasteiger partial charge >= 0.3 is 12.1 Å². The maximum Gasteiger partial charge on any atom is 0.417 e. The Labute approximate surface area is 120 Å². The van der Waals surface area contributed by atoms with E-state index in [2.05, 4.69) is 5.32 Å². The van der Waals surface area contributed by atoms with Gasteiger partial charge in [0, 0.05) is 6.04 Å². The van der Waals surface area contributed by atoms with Crippen molar-refractivity contribution in [1.29, 1.82) is 0 Å². The smallest absolute Gasteiger partial charge is 0.417 e. The third kappa shape index (κ3) is 4.77. The zero-order valence-corrected chi connectivity index (χ0v) is 11.6. The zero-order valence-electron chi connectivity index (χ0n) is 11.6. The van der Waals surface area contributed by atoms with E-state index in [0.717, 1.165) is 12.1 Å². The predicted molar refractivity (Wildman–Crippen MR) is 69.8 cm³/mol. The van der Waals surface area contributed by atoms with E-state index in [1.165, 1.54) is 12.1 Å². The summed E-state index contributed by atoms with van der Waals surface area (Å²) in [7, 11) is 0. The summed E-state index contributed by atoms with van der Waals surface area (Å²) in [5, 5.41) is 11.1. The quantitative estimate of drug-likeness (QED) is 0.879. The van der Waals surface area contributed by atoms with E-state index in [4.69, 9.17) is 5.11 Å². The van der Waals surface area contributed by atoms with Gasteiger partial charge in [-0.3, -0.25) is 9.59 Å². The van der Waals surface area contributed by atoms with Crippen molar-refractivity contribution in [2.45, 2.75) is 32.5 Å². The number of halogens is 3. The van der Waals surface area contributed by atoms with E-state index in [1.54, 1.807) is 13.8 Å². The Kier molecular flexibility index (Phi) is 5.34. The van der Waals surface area contributed by atoms with Gasteiger partial charge in [0.15, 0.2) is 0 Å². The van der Waals surface area contributed by atoms with Crippen molar-refractivity contribution >= 4 is 11.9 Å². The largest absolute Gasteiger partial charge is 0.481 e. The topological polar surface area (TPSA) is 66.4 Å². The van der Waals surface area contributed by atoms with Gasteiger partial charge in [0.2, 0.25) is 0 Å². The fraction of sp³-hybridized carbons (Fsp3) is 0.429. The molecule has 1 aromatic rings. The molecule has 0 saturated carbocycles. The normalized spacial score (nSPS) is 13.0. The average Bonchev–Trinajstić information content (AvgIpc) is 2.36. The second-order valence-electron chi connectivity index (χ2n) is 4.97. The second kappa shape index (κ2) is 6.60. The summed E-state index contributed by atoms with van der Waals surface area (Å²) in [5.41, 5.74) is -1.55. The summed E-state index contributed by atoms with van der Waals surface area (Å²) >= 11 is 0. The molecule has 0 bridgehead atoms. The fourth-order valence-electron chi connectivity index (χ4n) is 1.82. The van der Waals surface area contributed by atoms with Crippen LogP contribution in [0.5, 0.6) is 0 Å². The molecule has 2 N–H and O–H groups in total. The number of amides is 1. The molecule has 0 spiro atoms. The van der Waals surface area contributed by atoms with Crippen LogP contribution in [-0.2, 0) is 11.0 Å². The first-order valence-corrected chi connectivity index (χ1v) is 6.31. The van der Waals surface area contributed by atoms with Crippen LogP contribution in [0, 0.1) is 5.92 Å². The molecule has 1 atom stereocenters. The van der Waals surface area contributed by atoms with Crippen LogP contribution in [0.15, 0.2) is 24.3 Å². The standard InChI is InChI=1S/C14H16F3NO3/c1-8(2)11(7-12(19)20)18-13(21)9-5-3-4-6-10(9)14(15,16)17/h3-6,8,11H,7H2,1-2H3,(H,18,21)(H,19,20)/t11-/m1/s1. The lowest BCUT2D eigenvalue weighted by Gasteiger charge is -2.21. The van der Waals surface area contributed by atoms with Crippen LogP contribution < -0.4 is 5.32 Å². The van der Waals surface area contributed by atoms with Gasteiger partial charge in [0.25, 0.3) is 5.91 Å². The molecule has 1 rings (SSSR count). The first-order valence-electron chi connectivity index (χ1n) is 6.31. The Morgan fingerprint density at radius 1 is 1.24 bits per heavy atom. The van der Waals surface area contributed by atoms with Crippen molar-refractivity contribution < 1.29 is 27.9 Å². The molecule has 0 saturated heterocycles. The number of rotatable bonds is 5. The number of nitrogens with one attached hydrogen (secondary N) is 1. The molecule has 0 aliphatic rings. The molecule has 0 unspecified atom stereocenters. The highest BCUT2D eigenvalue weighted by molar-refractivity contribution is 5.96. The van der Waals surface area contributed by atoms with Crippen LogP contribution in [0.1, 0.15) is 36.2 Å². The molecular weight excluding hydrogens is 287 g/mol. The minimum atomic E-state index is -4.64. The number of carboxylic acid groups (broad SMARTS) is 1. The molecule has 21 heavy (non-hydrogen) atoms. The summed E-state index contributed by atoms with van der Waals surface area (Å²) in [6, 6.07) is 3.66. The number of carboxylic acids is 1. The summed E-state index contributed by atoms with van der Waals surface area (Å²) in [6.07, 6.45) is -4.99. The van der Waals surface area contributed by atoms with Gasteiger partial charge in [-0.05, 0) is 18.1 Å². The molecule has 1 amide bonds. The highest BCUT2D eigenvalue weighted by Gasteiger charge is 2.35. The summed E-state index contributed by atoms with van der Waals surface area (Å²) < 4.78 is 38.5. The van der Waals surface area contributed by atoms with E-state index in [0.29, 0.717) is 0 Å². The SMILES string of the molecule is CC(C)[C@@H](CC(=O)O)NC(=O)c1ccccc1C(F)(F)F. The van der Waals surface area contributed by atoms with Crippen LogP contribution >= 0.6 is 0 Å². The van der Waals surface area contributed by atoms with E-state index < -0.39 is 35.2 Å². The summed E-state index contributed by atoms with van der Waals surface area (Å²) in [6.45, 7) is 3.37. The molecule has 116 valence electrons. The zero-order chi connectivity index (χ0) is 16.2. The van der Waals surface area contributed by atoms with Crippen molar-refractivity contribution in [3.63, 3.8) is 0 Å². The van der Waals surface area contributed by atoms with Crippen LogP contribution in [0.4, 0.5) is 13.2 Å². The Balaban J connectivity index is 3.01. The van der Waals surface area contributed by atoms with Crippen molar-refractivity contribution in [3.8, 4) is 0 Å². The maximum absolute atomic E-state index is 12.8. The molecule has 4 nitrogen and oxygen atoms in total. The van der Waals surface area contributed by atoms with Crippen LogP contribution in [-0.4, -0.2) is 23.0 Å². The Morgan fingerprint density at radius 2 is 1.81 bits per heavy atom. The van der Waals surface area contributed by atoms with Crippen molar-refractivity contribution in [1.82, 2.24) is 5.32 Å². The number of benzene rings is 1. The minimum absolute atomic E-state index is 0.219. The number of aliphatic carboxylic acids is 1. The predicted octanol–water partition coefficient (Wildman–Crippen LogP) is 2.93. The fourth-order valence-corrected chi connectivity index (χ4v) is 1.82. The molecule has 1 aromatic carbocycles. The van der Waals surface area contributed by atoms with Crippen molar-refractivity contribution in [3.05, 3.63) is 35.4 Å². The van der Waals surface area contributed by atoms with Gasteiger partial charge in [-0.25, -0.2) is 0 Å². The Morgan fingerprint density at radius 3 is 2.29 bits per heavy atom. The molecule has 0 radical (unpaired) electrons. The highest BCUT2D eigenvalue weighted by Crippen LogP contribution is 2.31. The third-order valence-electron chi connectivity index (χ3n) is 2.99. The summed E-state index contributed by atoms with van der Waals surface area (Å²) in [4.78, 5) is 22.7. The van der Waals surface area contributed by atoms with E-state index in [-0.39, 0.29) is 12.3 Å². The first kappa shape index (κ1) is 17.0. The molecular formula is C14H16F3NO3. The van der Waals surface area contributed by atoms with Gasteiger partial charge in [-0.2, -0.15) is 13.2 Å². The van der Waals surface area contributed by atoms with Crippen LogP contribution in [0.3, 0.4) is 0 Å². The lowest BCUT2D eigenvalue weighted by atomic mass is 9.99. The van der Waals surface area contributed by atoms with Crippen molar-refractivity contribution in [2.75, 3.05) is 0 Å². The highest BCUT2D eigenvalue weighted by atomic mass is 19.4. The first-order chi connectivity index (χ1) is 9.62. The molecule has 0 fully saturated rings. The molecule has 7 heteroatoms. The monoisotopic (exact) mass is 303 g/mol. The van der Waals surface area contributed by atoms with Gasteiger partial charge in [-0.15, -0.1) is 0 Å². The Bertz CT molecular complexity index is 526. The van der Waals surface area contributed by atoms with Gasteiger partial charge < -0.3 is 10.4 Å². The number of hydrogen-bond acceptors (Lipinski definition) is 2. The van der Waals surface area contributed by atoms with E-state index in [9.17, 15) is 22.8 Å². The number of carbonyl (C=O) groups is 2. The van der Waals surface area contributed by atoms with E-state index >= 15 is 0 Å². The lowest BCUT2D eigenvalue weighted by molar-refractivity contribution is -0.139. The third-order valence-corrected chi connectivity index (χ3v) is 2.99. The average molecular weight is 303 g/mol. The van der Waals surface area contributed by atoms with Gasteiger partial charge in [-0.1, -0.05) is 26.0 Å². The molecule has 0 aliphatic heterocycles. The minimum Gasteiger partial charge on any atom is -0.481 e. The Hall–Kier alpha value is -2.05. The number of carbonyl (C=O) groups excluding carboxylic acids is 1. The molecule has 0 heterocycles. The summed E-state index contributed by atoms with van der Waals surface area (Å²) in [5.74, 6) is -2.27. The molecule has 0 aliphatic carbocycles. The maximum atomic E-state index is 12.8. The molecule has 0 aromatic heterocycles. The van der Waals surface area contributed by atoms with Crippen molar-refractivity contribution in [2.24, 2.45) is 5.92 Å². The van der Waals surface area contributed by atoms with Crippen LogP contribution in [0.2, 0.25) is 0 Å². The lowest BCUT2D eigenvalue weighted by Crippen LogP contribution is -2.40.